The smallest absolute Gasteiger partial charge is 0.337 e. The van der Waals surface area contributed by atoms with Gasteiger partial charge >= 0.3 is 5.97 Å². The number of aromatic carboxylic acids is 1. The third kappa shape index (κ3) is 4.46. The van der Waals surface area contributed by atoms with Gasteiger partial charge in [0.1, 0.15) is 5.82 Å². The monoisotopic (exact) mass is 441 g/mol. The van der Waals surface area contributed by atoms with Gasteiger partial charge in [0.25, 0.3) is 0 Å². The molecule has 0 atom stereocenters. The van der Waals surface area contributed by atoms with E-state index < -0.39 is 58.3 Å². The van der Waals surface area contributed by atoms with Crippen LogP contribution in [-0.4, -0.2) is 16.1 Å². The second kappa shape index (κ2) is 9.00. The highest BCUT2D eigenvalue weighted by molar-refractivity contribution is 5.95. The lowest BCUT2D eigenvalue weighted by molar-refractivity contribution is 0.0697. The second-order valence-corrected chi connectivity index (χ2v) is 6.35. The van der Waals surface area contributed by atoms with Gasteiger partial charge in [0.2, 0.25) is 0 Å². The first-order valence-electron chi connectivity index (χ1n) is 8.35. The molecule has 1 aromatic heterocycles. The molecule has 0 saturated carbocycles. The summed E-state index contributed by atoms with van der Waals surface area (Å²) in [5.74, 6) is -6.58. The Morgan fingerprint density at radius 2 is 1.77 bits per heavy atom. The maximum absolute atomic E-state index is 14.7. The molecule has 0 bridgehead atoms. The number of nitrogen functional groups attached to an aromatic ring is 1. The maximum Gasteiger partial charge on any atom is 0.337 e. The Kier molecular flexibility index (Phi) is 6.88. The first-order chi connectivity index (χ1) is 13.7. The molecular weight excluding hydrogens is 426 g/mol. The summed E-state index contributed by atoms with van der Waals surface area (Å²) >= 11 is 0. The number of aryl methyl sites for hydroxylation is 1. The van der Waals surface area contributed by atoms with Crippen LogP contribution in [0.1, 0.15) is 27.0 Å². The number of pyridine rings is 1. The van der Waals surface area contributed by atoms with E-state index in [4.69, 9.17) is 5.73 Å². The second-order valence-electron chi connectivity index (χ2n) is 6.35. The fourth-order valence-corrected chi connectivity index (χ4v) is 2.80. The summed E-state index contributed by atoms with van der Waals surface area (Å²) in [6.45, 7) is 1.63. The van der Waals surface area contributed by atoms with Crippen LogP contribution in [0.2, 0.25) is 0 Å². The summed E-state index contributed by atoms with van der Waals surface area (Å²) in [4.78, 5) is 15.2. The number of benzene rings is 2. The van der Waals surface area contributed by atoms with Crippen LogP contribution in [0.3, 0.4) is 0 Å². The minimum atomic E-state index is -1.57. The standard InChI is InChI=1S/C20H15F4N3O2.ClH/c1-9-2-3-14(13(21)6-9)27-18-12(20(28)29)8-11(15(22)17(18)24)7-10-4-5-26-19(25)16(10)23;/h2-6,8,27H,7H2,1H3,(H2,25,26)(H,28,29);1H. The van der Waals surface area contributed by atoms with E-state index in [1.165, 1.54) is 24.4 Å². The molecule has 0 aliphatic heterocycles. The lowest BCUT2D eigenvalue weighted by atomic mass is 10.00. The van der Waals surface area contributed by atoms with E-state index in [0.29, 0.717) is 5.56 Å². The summed E-state index contributed by atoms with van der Waals surface area (Å²) in [5.41, 5.74) is 3.86. The van der Waals surface area contributed by atoms with Crippen LogP contribution in [0, 0.1) is 30.2 Å². The minimum Gasteiger partial charge on any atom is -0.478 e. The third-order valence-corrected chi connectivity index (χ3v) is 4.27. The van der Waals surface area contributed by atoms with Gasteiger partial charge in [0.15, 0.2) is 23.3 Å². The van der Waals surface area contributed by atoms with Crippen molar-refractivity contribution in [2.45, 2.75) is 13.3 Å². The van der Waals surface area contributed by atoms with E-state index >= 15 is 0 Å². The molecule has 2 aromatic carbocycles. The highest BCUT2D eigenvalue weighted by atomic mass is 35.5. The molecule has 3 rings (SSSR count). The summed E-state index contributed by atoms with van der Waals surface area (Å²) in [7, 11) is 0. The van der Waals surface area contributed by atoms with Crippen molar-refractivity contribution < 1.29 is 27.5 Å². The van der Waals surface area contributed by atoms with Gasteiger partial charge in [0, 0.05) is 12.6 Å². The number of nitrogens with zero attached hydrogens (tertiary/aromatic N) is 1. The van der Waals surface area contributed by atoms with E-state index in [0.717, 1.165) is 12.1 Å². The molecule has 0 radical (unpaired) electrons. The van der Waals surface area contributed by atoms with E-state index in [2.05, 4.69) is 10.3 Å². The summed E-state index contributed by atoms with van der Waals surface area (Å²) < 4.78 is 57.4. The molecule has 0 aliphatic rings. The molecular formula is C20H16ClF4N3O2. The average molecular weight is 442 g/mol. The highest BCUT2D eigenvalue weighted by Crippen LogP contribution is 2.31. The van der Waals surface area contributed by atoms with Crippen molar-refractivity contribution in [2.24, 2.45) is 0 Å². The van der Waals surface area contributed by atoms with Crippen LogP contribution in [0.4, 0.5) is 34.8 Å². The minimum absolute atomic E-state index is 0. The molecule has 3 aromatic rings. The number of hydrogen-bond donors (Lipinski definition) is 3. The van der Waals surface area contributed by atoms with Crippen LogP contribution in [0.25, 0.3) is 0 Å². The number of nitrogens with two attached hydrogens (primary N) is 1. The predicted molar refractivity (Wildman–Crippen MR) is 106 cm³/mol. The predicted octanol–water partition coefficient (Wildman–Crippen LogP) is 4.98. The number of halogens is 5. The molecule has 0 amide bonds. The molecule has 4 N–H and O–H groups in total. The third-order valence-electron chi connectivity index (χ3n) is 4.27. The van der Waals surface area contributed by atoms with Crippen molar-refractivity contribution in [3.05, 3.63) is 82.1 Å². The maximum atomic E-state index is 14.7. The summed E-state index contributed by atoms with van der Waals surface area (Å²) in [6.07, 6.45) is 0.733. The van der Waals surface area contributed by atoms with Gasteiger partial charge in [-0.3, -0.25) is 0 Å². The Hall–Kier alpha value is -3.33. The Balaban J connectivity index is 0.00000320. The number of aromatic nitrogens is 1. The molecule has 1 heterocycles. The highest BCUT2D eigenvalue weighted by Gasteiger charge is 2.24. The normalized spacial score (nSPS) is 10.4. The lowest BCUT2D eigenvalue weighted by Gasteiger charge is -2.15. The Labute approximate surface area is 175 Å². The van der Waals surface area contributed by atoms with Crippen molar-refractivity contribution in [2.75, 3.05) is 11.1 Å². The van der Waals surface area contributed by atoms with Crippen molar-refractivity contribution in [3.63, 3.8) is 0 Å². The molecule has 0 aliphatic carbocycles. The van der Waals surface area contributed by atoms with Crippen LogP contribution < -0.4 is 11.1 Å². The zero-order valence-electron chi connectivity index (χ0n) is 15.5. The number of carboxylic acid groups (broad SMARTS) is 1. The summed E-state index contributed by atoms with van der Waals surface area (Å²) in [6, 6.07) is 6.03. The number of carboxylic acids is 1. The van der Waals surface area contributed by atoms with E-state index in [1.807, 2.05) is 0 Å². The zero-order valence-corrected chi connectivity index (χ0v) is 16.3. The number of anilines is 3. The van der Waals surface area contributed by atoms with Crippen LogP contribution in [0.15, 0.2) is 36.5 Å². The molecule has 0 spiro atoms. The van der Waals surface area contributed by atoms with Crippen molar-refractivity contribution in [1.82, 2.24) is 4.98 Å². The van der Waals surface area contributed by atoms with Gasteiger partial charge in [0.05, 0.1) is 16.9 Å². The Morgan fingerprint density at radius 3 is 2.40 bits per heavy atom. The van der Waals surface area contributed by atoms with Gasteiger partial charge in [-0.05, 0) is 47.9 Å². The van der Waals surface area contributed by atoms with Gasteiger partial charge < -0.3 is 16.2 Å². The van der Waals surface area contributed by atoms with Gasteiger partial charge in [-0.2, -0.15) is 0 Å². The Bertz CT molecular complexity index is 1130. The molecule has 0 unspecified atom stereocenters. The molecule has 30 heavy (non-hydrogen) atoms. The fourth-order valence-electron chi connectivity index (χ4n) is 2.80. The average Bonchev–Trinajstić information content (AvgIpc) is 2.66. The van der Waals surface area contributed by atoms with Crippen LogP contribution >= 0.6 is 12.4 Å². The number of carbonyl (C=O) groups is 1. The van der Waals surface area contributed by atoms with E-state index in [-0.39, 0.29) is 23.7 Å². The van der Waals surface area contributed by atoms with Gasteiger partial charge in [-0.1, -0.05) is 6.07 Å². The molecule has 158 valence electrons. The first-order valence-corrected chi connectivity index (χ1v) is 8.35. The van der Waals surface area contributed by atoms with Crippen LogP contribution in [-0.2, 0) is 6.42 Å². The fraction of sp³-hybridized carbons (Fsp3) is 0.100. The van der Waals surface area contributed by atoms with Gasteiger partial charge in [-0.15, -0.1) is 12.4 Å². The summed E-state index contributed by atoms with van der Waals surface area (Å²) in [5, 5.41) is 11.7. The number of hydrogen-bond acceptors (Lipinski definition) is 4. The Morgan fingerprint density at radius 1 is 1.07 bits per heavy atom. The largest absolute Gasteiger partial charge is 0.478 e. The topological polar surface area (TPSA) is 88.2 Å². The molecule has 0 saturated heterocycles. The molecule has 0 fully saturated rings. The van der Waals surface area contributed by atoms with E-state index in [9.17, 15) is 27.5 Å². The lowest BCUT2D eigenvalue weighted by Crippen LogP contribution is -2.11. The quantitative estimate of drug-likeness (QED) is 0.486. The van der Waals surface area contributed by atoms with E-state index in [1.54, 1.807) is 6.92 Å². The number of rotatable bonds is 5. The number of nitrogens with one attached hydrogen (secondary N) is 1. The molecule has 10 heteroatoms. The van der Waals surface area contributed by atoms with Crippen molar-refractivity contribution in [1.29, 1.82) is 0 Å². The van der Waals surface area contributed by atoms with Gasteiger partial charge in [-0.25, -0.2) is 27.3 Å². The van der Waals surface area contributed by atoms with Crippen molar-refractivity contribution >= 4 is 35.6 Å². The van der Waals surface area contributed by atoms with Crippen molar-refractivity contribution in [3.8, 4) is 0 Å². The molecule has 5 nitrogen and oxygen atoms in total. The SMILES string of the molecule is Cc1ccc(Nc2c(C(=O)O)cc(Cc3ccnc(N)c3F)c(F)c2F)c(F)c1.Cl. The first kappa shape index (κ1) is 23.0. The zero-order chi connectivity index (χ0) is 21.3. The van der Waals surface area contributed by atoms with Crippen LogP contribution in [0.5, 0.6) is 0 Å².